The van der Waals surface area contributed by atoms with Crippen LogP contribution < -0.4 is 15.5 Å². The number of nitrogens with zero attached hydrogens (tertiary/aromatic N) is 3. The Kier molecular flexibility index (Phi) is 8.50. The normalized spacial score (nSPS) is 17.5. The number of anilines is 1. The number of para-hydroxylation sites is 1. The topological polar surface area (TPSA) is 65.7 Å². The summed E-state index contributed by atoms with van der Waals surface area (Å²) < 4.78 is 4.85. The molecule has 0 radical (unpaired) electrons. The largest absolute Gasteiger partial charge is 0.368 e. The number of hydrogen-bond donors (Lipinski definition) is 2. The summed E-state index contributed by atoms with van der Waals surface area (Å²) in [6, 6.07) is 10.2. The minimum Gasteiger partial charge on any atom is -0.368 e. The van der Waals surface area contributed by atoms with Crippen molar-refractivity contribution in [1.82, 2.24) is 15.8 Å². The summed E-state index contributed by atoms with van der Waals surface area (Å²) in [5.41, 5.74) is 1.92. The van der Waals surface area contributed by atoms with Crippen molar-refractivity contribution in [2.24, 2.45) is 4.99 Å². The van der Waals surface area contributed by atoms with Crippen LogP contribution in [0.3, 0.4) is 0 Å². The predicted molar refractivity (Wildman–Crippen MR) is 117 cm³/mol. The van der Waals surface area contributed by atoms with E-state index in [2.05, 4.69) is 38.7 Å². The lowest BCUT2D eigenvalue weighted by atomic mass is 10.0. The molecule has 2 N–H and O–H groups in total. The fourth-order valence-corrected chi connectivity index (χ4v) is 3.27. The van der Waals surface area contributed by atoms with Gasteiger partial charge in [-0.1, -0.05) is 28.9 Å². The Hall–Kier alpha value is -1.48. The van der Waals surface area contributed by atoms with Crippen LogP contribution in [0.2, 0.25) is 5.02 Å². The van der Waals surface area contributed by atoms with Crippen LogP contribution in [0.4, 0.5) is 5.69 Å². The van der Waals surface area contributed by atoms with Crippen LogP contribution in [0.5, 0.6) is 0 Å². The van der Waals surface area contributed by atoms with Crippen LogP contribution in [0.25, 0.3) is 0 Å². The second-order valence-corrected chi connectivity index (χ2v) is 6.47. The summed E-state index contributed by atoms with van der Waals surface area (Å²) in [7, 11) is 0. The highest BCUT2D eigenvalue weighted by atomic mass is 127. The maximum atomic E-state index is 6.35. The van der Waals surface area contributed by atoms with Gasteiger partial charge in [0.05, 0.1) is 17.3 Å². The van der Waals surface area contributed by atoms with E-state index in [1.165, 1.54) is 0 Å². The first-order chi connectivity index (χ1) is 12.3. The van der Waals surface area contributed by atoms with Crippen LogP contribution >= 0.6 is 35.6 Å². The summed E-state index contributed by atoms with van der Waals surface area (Å²) in [6.45, 7) is 5.29. The van der Waals surface area contributed by atoms with E-state index in [-0.39, 0.29) is 24.0 Å². The molecule has 0 spiro atoms. The number of halogens is 2. The molecule has 0 saturated carbocycles. The van der Waals surface area contributed by atoms with Gasteiger partial charge in [0.2, 0.25) is 0 Å². The molecule has 1 aromatic heterocycles. The van der Waals surface area contributed by atoms with Crippen LogP contribution in [-0.4, -0.2) is 36.8 Å². The number of hydrogen-bond acceptors (Lipinski definition) is 4. The molecule has 142 valence electrons. The molecule has 0 aliphatic carbocycles. The highest BCUT2D eigenvalue weighted by molar-refractivity contribution is 14.0. The first-order valence-corrected chi connectivity index (χ1v) is 9.07. The molecule has 2 aromatic rings. The molecule has 1 aliphatic rings. The Morgan fingerprint density at radius 2 is 2.23 bits per heavy atom. The third kappa shape index (κ3) is 5.77. The highest BCUT2D eigenvalue weighted by Gasteiger charge is 2.22. The summed E-state index contributed by atoms with van der Waals surface area (Å²) >= 11 is 6.35. The Labute approximate surface area is 176 Å². The summed E-state index contributed by atoms with van der Waals surface area (Å²) in [6.07, 6.45) is 3.79. The van der Waals surface area contributed by atoms with E-state index in [9.17, 15) is 0 Å². The first kappa shape index (κ1) is 20.8. The zero-order chi connectivity index (χ0) is 17.5. The van der Waals surface area contributed by atoms with Crippen LogP contribution in [-0.2, 0) is 6.54 Å². The fraction of sp³-hybridized carbons (Fsp3) is 0.444. The molecule has 3 rings (SSSR count). The maximum Gasteiger partial charge on any atom is 0.191 e. The number of guanidine groups is 1. The Bertz CT molecular complexity index is 695. The molecule has 8 heteroatoms. The van der Waals surface area contributed by atoms with E-state index in [0.717, 1.165) is 54.8 Å². The fourth-order valence-electron chi connectivity index (χ4n) is 3.01. The maximum absolute atomic E-state index is 6.35. The van der Waals surface area contributed by atoms with Gasteiger partial charge in [-0.2, -0.15) is 0 Å². The van der Waals surface area contributed by atoms with Gasteiger partial charge < -0.3 is 20.1 Å². The van der Waals surface area contributed by atoms with Crippen molar-refractivity contribution < 1.29 is 4.52 Å². The minimum atomic E-state index is 0. The Morgan fingerprint density at radius 1 is 1.38 bits per heavy atom. The summed E-state index contributed by atoms with van der Waals surface area (Å²) in [5, 5.41) is 11.5. The molecule has 1 atom stereocenters. The molecule has 6 nitrogen and oxygen atoms in total. The highest BCUT2D eigenvalue weighted by Crippen LogP contribution is 2.27. The van der Waals surface area contributed by atoms with Gasteiger partial charge in [0.15, 0.2) is 5.96 Å². The second-order valence-electron chi connectivity index (χ2n) is 6.07. The summed E-state index contributed by atoms with van der Waals surface area (Å²) in [5.74, 6) is 0.802. The van der Waals surface area contributed by atoms with Gasteiger partial charge in [-0.3, -0.25) is 0 Å². The number of rotatable bonds is 5. The number of aromatic nitrogens is 1. The number of nitrogens with one attached hydrogen (secondary N) is 2. The zero-order valence-corrected chi connectivity index (χ0v) is 17.9. The average molecular weight is 490 g/mol. The number of benzene rings is 1. The molecule has 1 unspecified atom stereocenters. The Balaban J connectivity index is 0.00000243. The third-order valence-electron chi connectivity index (χ3n) is 4.19. The lowest BCUT2D eigenvalue weighted by molar-refractivity contribution is 0.412. The van der Waals surface area contributed by atoms with E-state index >= 15 is 0 Å². The van der Waals surface area contributed by atoms with Crippen molar-refractivity contribution in [3.8, 4) is 0 Å². The van der Waals surface area contributed by atoms with Crippen molar-refractivity contribution >= 4 is 47.2 Å². The zero-order valence-electron chi connectivity index (χ0n) is 14.8. The van der Waals surface area contributed by atoms with Gasteiger partial charge in [-0.25, -0.2) is 4.99 Å². The SMILES string of the molecule is CCNC(=NCc1ccon1)NC1CCCN(c2ccccc2Cl)C1.I. The van der Waals surface area contributed by atoms with Crippen molar-refractivity contribution in [2.45, 2.75) is 32.4 Å². The molecule has 0 bridgehead atoms. The standard InChI is InChI=1S/C18H24ClN5O.HI/c1-2-20-18(21-12-14-9-11-25-23-14)22-15-6-5-10-24(13-15)17-8-4-3-7-16(17)19;/h3-4,7-9,11,15H,2,5-6,10,12-13H2,1H3,(H2,20,21,22);1H. The average Bonchev–Trinajstić information content (AvgIpc) is 3.14. The minimum absolute atomic E-state index is 0. The molecule has 26 heavy (non-hydrogen) atoms. The van der Waals surface area contributed by atoms with Gasteiger partial charge >= 0.3 is 0 Å². The van der Waals surface area contributed by atoms with Crippen molar-refractivity contribution in [3.05, 3.63) is 47.3 Å². The Morgan fingerprint density at radius 3 is 2.96 bits per heavy atom. The molecule has 1 aliphatic heterocycles. The predicted octanol–water partition coefficient (Wildman–Crippen LogP) is 3.67. The van der Waals surface area contributed by atoms with E-state index < -0.39 is 0 Å². The number of piperidine rings is 1. The van der Waals surface area contributed by atoms with Crippen molar-refractivity contribution in [2.75, 3.05) is 24.5 Å². The molecule has 0 amide bonds. The van der Waals surface area contributed by atoms with Gasteiger partial charge in [0, 0.05) is 31.7 Å². The second kappa shape index (κ2) is 10.6. The van der Waals surface area contributed by atoms with E-state index in [1.807, 2.05) is 24.3 Å². The monoisotopic (exact) mass is 489 g/mol. The summed E-state index contributed by atoms with van der Waals surface area (Å²) in [4.78, 5) is 6.93. The lowest BCUT2D eigenvalue weighted by Gasteiger charge is -2.35. The van der Waals surface area contributed by atoms with Crippen LogP contribution in [0, 0.1) is 0 Å². The smallest absolute Gasteiger partial charge is 0.191 e. The van der Waals surface area contributed by atoms with Gasteiger partial charge in [-0.15, -0.1) is 24.0 Å². The van der Waals surface area contributed by atoms with Gasteiger partial charge in [-0.05, 0) is 31.9 Å². The third-order valence-corrected chi connectivity index (χ3v) is 4.51. The van der Waals surface area contributed by atoms with Crippen LogP contribution in [0.1, 0.15) is 25.5 Å². The number of aliphatic imine (C=N–C) groups is 1. The van der Waals surface area contributed by atoms with Crippen molar-refractivity contribution in [1.29, 1.82) is 0 Å². The molecular weight excluding hydrogens is 465 g/mol. The van der Waals surface area contributed by atoms with E-state index in [0.29, 0.717) is 12.6 Å². The quantitative estimate of drug-likeness (QED) is 0.381. The first-order valence-electron chi connectivity index (χ1n) is 8.70. The molecule has 1 saturated heterocycles. The van der Waals surface area contributed by atoms with E-state index in [4.69, 9.17) is 16.1 Å². The van der Waals surface area contributed by atoms with Gasteiger partial charge in [0.1, 0.15) is 12.0 Å². The van der Waals surface area contributed by atoms with Gasteiger partial charge in [0.25, 0.3) is 0 Å². The molecular formula is C18H25ClIN5O. The van der Waals surface area contributed by atoms with E-state index in [1.54, 1.807) is 6.26 Å². The van der Waals surface area contributed by atoms with Crippen molar-refractivity contribution in [3.63, 3.8) is 0 Å². The van der Waals surface area contributed by atoms with Crippen LogP contribution in [0.15, 0.2) is 46.1 Å². The molecule has 1 fully saturated rings. The molecule has 1 aromatic carbocycles. The molecule has 2 heterocycles. The lowest BCUT2D eigenvalue weighted by Crippen LogP contribution is -2.51.